The Hall–Kier alpha value is -1.61. The molecule has 0 bridgehead atoms. The van der Waals surface area contributed by atoms with E-state index in [2.05, 4.69) is 24.4 Å². The van der Waals surface area contributed by atoms with Crippen LogP contribution in [0, 0.1) is 0 Å². The predicted octanol–water partition coefficient (Wildman–Crippen LogP) is 2.15. The number of likely N-dealkylation sites (N-methyl/N-ethyl adjacent to an activating group) is 1. The summed E-state index contributed by atoms with van der Waals surface area (Å²) in [5.41, 5.74) is 2.35. The fourth-order valence-electron chi connectivity index (χ4n) is 1.51. The average Bonchev–Trinajstić information content (AvgIpc) is 2.30. The molecule has 0 radical (unpaired) electrons. The van der Waals surface area contributed by atoms with Crippen molar-refractivity contribution in [2.24, 2.45) is 0 Å². The van der Waals surface area contributed by atoms with Crippen LogP contribution in [0.1, 0.15) is 24.1 Å². The number of carboxylic acid groups (broad SMARTS) is 1. The minimum atomic E-state index is -0.926. The van der Waals surface area contributed by atoms with Gasteiger partial charge in [0.15, 0.2) is 0 Å². The molecule has 0 heterocycles. The third-order valence-electron chi connectivity index (χ3n) is 2.49. The molecule has 0 aliphatic carbocycles. The largest absolute Gasteiger partial charge is 0.478 e. The lowest BCUT2D eigenvalue weighted by Gasteiger charge is -2.12. The van der Waals surface area contributed by atoms with E-state index in [0.29, 0.717) is 0 Å². The number of carbonyl (C=O) groups is 1. The van der Waals surface area contributed by atoms with E-state index in [1.54, 1.807) is 6.08 Å². The Balaban J connectivity index is 2.82. The van der Waals surface area contributed by atoms with Gasteiger partial charge in [-0.05, 0) is 24.6 Å². The molecule has 0 amide bonds. The van der Waals surface area contributed by atoms with Crippen molar-refractivity contribution < 1.29 is 9.90 Å². The van der Waals surface area contributed by atoms with Crippen LogP contribution in [0.3, 0.4) is 0 Å². The SMILES string of the molecule is CCc1ccc(C(/C=C/C(=O)O)NC)cc1. The molecule has 1 atom stereocenters. The third kappa shape index (κ3) is 3.51. The first-order valence-corrected chi connectivity index (χ1v) is 5.34. The van der Waals surface area contributed by atoms with E-state index < -0.39 is 5.97 Å². The lowest BCUT2D eigenvalue weighted by molar-refractivity contribution is -0.131. The van der Waals surface area contributed by atoms with E-state index in [9.17, 15) is 4.79 Å². The number of hydrogen-bond donors (Lipinski definition) is 2. The predicted molar refractivity (Wildman–Crippen MR) is 64.4 cm³/mol. The number of rotatable bonds is 5. The lowest BCUT2D eigenvalue weighted by Crippen LogP contribution is -2.14. The maximum absolute atomic E-state index is 10.4. The van der Waals surface area contributed by atoms with Crippen molar-refractivity contribution in [2.45, 2.75) is 19.4 Å². The van der Waals surface area contributed by atoms with E-state index >= 15 is 0 Å². The molecule has 0 spiro atoms. The van der Waals surface area contributed by atoms with Crippen LogP contribution in [0.25, 0.3) is 0 Å². The van der Waals surface area contributed by atoms with Crippen LogP contribution in [0.5, 0.6) is 0 Å². The highest BCUT2D eigenvalue weighted by Crippen LogP contribution is 2.15. The molecule has 0 aromatic heterocycles. The van der Waals surface area contributed by atoms with Crippen molar-refractivity contribution in [1.29, 1.82) is 0 Å². The molecule has 0 aliphatic rings. The van der Waals surface area contributed by atoms with Crippen molar-refractivity contribution in [2.75, 3.05) is 7.05 Å². The van der Waals surface area contributed by atoms with Crippen LogP contribution in [-0.2, 0) is 11.2 Å². The normalized spacial score (nSPS) is 12.9. The first-order chi connectivity index (χ1) is 7.67. The molecule has 1 aromatic carbocycles. The van der Waals surface area contributed by atoms with Crippen molar-refractivity contribution >= 4 is 5.97 Å². The quantitative estimate of drug-likeness (QED) is 0.746. The highest BCUT2D eigenvalue weighted by molar-refractivity contribution is 5.79. The molecule has 0 fully saturated rings. The molecular formula is C13H17NO2. The molecule has 0 aliphatic heterocycles. The standard InChI is InChI=1S/C13H17NO2/c1-3-10-4-6-11(7-5-10)12(14-2)8-9-13(15)16/h4-9,12,14H,3H2,1-2H3,(H,15,16)/b9-8+. The number of benzene rings is 1. The number of carboxylic acids is 1. The molecule has 1 unspecified atom stereocenters. The topological polar surface area (TPSA) is 49.3 Å². The van der Waals surface area contributed by atoms with E-state index in [0.717, 1.165) is 18.1 Å². The molecule has 1 aromatic rings. The van der Waals surface area contributed by atoms with Crippen molar-refractivity contribution in [3.8, 4) is 0 Å². The summed E-state index contributed by atoms with van der Waals surface area (Å²) in [6.07, 6.45) is 3.81. The summed E-state index contributed by atoms with van der Waals surface area (Å²) in [7, 11) is 1.81. The van der Waals surface area contributed by atoms with Gasteiger partial charge in [0.05, 0.1) is 6.04 Å². The van der Waals surface area contributed by atoms with E-state index in [1.807, 2.05) is 19.2 Å². The molecular weight excluding hydrogens is 202 g/mol. The number of aliphatic carboxylic acids is 1. The number of hydrogen-bond acceptors (Lipinski definition) is 2. The van der Waals surface area contributed by atoms with Gasteiger partial charge in [-0.2, -0.15) is 0 Å². The van der Waals surface area contributed by atoms with Crippen LogP contribution < -0.4 is 5.32 Å². The van der Waals surface area contributed by atoms with Gasteiger partial charge in [-0.1, -0.05) is 37.3 Å². The minimum absolute atomic E-state index is 0.0537. The first-order valence-electron chi connectivity index (χ1n) is 5.34. The van der Waals surface area contributed by atoms with Gasteiger partial charge >= 0.3 is 5.97 Å². The van der Waals surface area contributed by atoms with Gasteiger partial charge in [0.1, 0.15) is 0 Å². The zero-order valence-corrected chi connectivity index (χ0v) is 9.60. The second-order valence-electron chi connectivity index (χ2n) is 3.56. The summed E-state index contributed by atoms with van der Waals surface area (Å²) in [4.78, 5) is 10.4. The van der Waals surface area contributed by atoms with E-state index in [-0.39, 0.29) is 6.04 Å². The second-order valence-corrected chi connectivity index (χ2v) is 3.56. The Morgan fingerprint density at radius 1 is 1.44 bits per heavy atom. The Bertz CT molecular complexity index is 368. The Morgan fingerprint density at radius 2 is 2.06 bits per heavy atom. The summed E-state index contributed by atoms with van der Waals surface area (Å²) < 4.78 is 0. The van der Waals surface area contributed by atoms with Crippen LogP contribution in [-0.4, -0.2) is 18.1 Å². The minimum Gasteiger partial charge on any atom is -0.478 e. The van der Waals surface area contributed by atoms with E-state index in [4.69, 9.17) is 5.11 Å². The van der Waals surface area contributed by atoms with Gasteiger partial charge in [-0.15, -0.1) is 0 Å². The van der Waals surface area contributed by atoms with Crippen LogP contribution >= 0.6 is 0 Å². The fraction of sp³-hybridized carbons (Fsp3) is 0.308. The maximum Gasteiger partial charge on any atom is 0.328 e. The van der Waals surface area contributed by atoms with Crippen molar-refractivity contribution in [3.63, 3.8) is 0 Å². The Labute approximate surface area is 95.8 Å². The Morgan fingerprint density at radius 3 is 2.50 bits per heavy atom. The molecule has 3 nitrogen and oxygen atoms in total. The first kappa shape index (κ1) is 12.5. The molecule has 0 saturated heterocycles. The average molecular weight is 219 g/mol. The summed E-state index contributed by atoms with van der Waals surface area (Å²) in [5.74, 6) is -0.926. The monoisotopic (exact) mass is 219 g/mol. The zero-order chi connectivity index (χ0) is 12.0. The van der Waals surface area contributed by atoms with Gasteiger partial charge in [0, 0.05) is 6.08 Å². The van der Waals surface area contributed by atoms with Gasteiger partial charge < -0.3 is 10.4 Å². The van der Waals surface area contributed by atoms with Crippen molar-refractivity contribution in [1.82, 2.24) is 5.32 Å². The summed E-state index contributed by atoms with van der Waals surface area (Å²) in [5, 5.41) is 11.6. The molecule has 0 saturated carbocycles. The molecule has 3 heteroatoms. The summed E-state index contributed by atoms with van der Waals surface area (Å²) in [6.45, 7) is 2.11. The lowest BCUT2D eigenvalue weighted by atomic mass is 10.0. The Kier molecular flexibility index (Phi) is 4.73. The molecule has 16 heavy (non-hydrogen) atoms. The molecule has 86 valence electrons. The van der Waals surface area contributed by atoms with Gasteiger partial charge in [0.25, 0.3) is 0 Å². The maximum atomic E-state index is 10.4. The highest BCUT2D eigenvalue weighted by Gasteiger charge is 2.05. The number of nitrogens with one attached hydrogen (secondary N) is 1. The van der Waals surface area contributed by atoms with Crippen LogP contribution in [0.2, 0.25) is 0 Å². The summed E-state index contributed by atoms with van der Waals surface area (Å²) in [6, 6.07) is 8.11. The van der Waals surface area contributed by atoms with Gasteiger partial charge in [-0.3, -0.25) is 0 Å². The third-order valence-corrected chi connectivity index (χ3v) is 2.49. The van der Waals surface area contributed by atoms with Gasteiger partial charge in [0.2, 0.25) is 0 Å². The fourth-order valence-corrected chi connectivity index (χ4v) is 1.51. The van der Waals surface area contributed by atoms with Crippen LogP contribution in [0.15, 0.2) is 36.4 Å². The van der Waals surface area contributed by atoms with Crippen LogP contribution in [0.4, 0.5) is 0 Å². The smallest absolute Gasteiger partial charge is 0.328 e. The van der Waals surface area contributed by atoms with Crippen molar-refractivity contribution in [3.05, 3.63) is 47.5 Å². The van der Waals surface area contributed by atoms with Gasteiger partial charge in [-0.25, -0.2) is 4.79 Å². The number of aryl methyl sites for hydroxylation is 1. The molecule has 2 N–H and O–H groups in total. The molecule has 1 rings (SSSR count). The highest BCUT2D eigenvalue weighted by atomic mass is 16.4. The van der Waals surface area contributed by atoms with E-state index in [1.165, 1.54) is 5.56 Å². The summed E-state index contributed by atoms with van der Waals surface area (Å²) >= 11 is 0. The zero-order valence-electron chi connectivity index (χ0n) is 9.60. The second kappa shape index (κ2) is 6.08.